The molecule has 0 aromatic heterocycles. The van der Waals surface area contributed by atoms with Gasteiger partial charge in [0.1, 0.15) is 0 Å². The molecule has 5 nitrogen and oxygen atoms in total. The van der Waals surface area contributed by atoms with E-state index < -0.39 is 0 Å². The van der Waals surface area contributed by atoms with Crippen molar-refractivity contribution in [3.63, 3.8) is 0 Å². The number of rotatable bonds is 5. The van der Waals surface area contributed by atoms with Crippen molar-refractivity contribution in [1.82, 2.24) is 9.80 Å². The van der Waals surface area contributed by atoms with E-state index >= 15 is 0 Å². The third-order valence-electron chi connectivity index (χ3n) is 4.80. The molecule has 2 saturated heterocycles. The van der Waals surface area contributed by atoms with Crippen molar-refractivity contribution in [2.45, 2.75) is 57.5 Å². The lowest BCUT2D eigenvalue weighted by Gasteiger charge is -2.35. The molecular formula is C16H24N4O. The fourth-order valence-corrected chi connectivity index (χ4v) is 3.82. The molecule has 2 aliphatic rings. The normalized spacial score (nSPS) is 27.3. The van der Waals surface area contributed by atoms with Gasteiger partial charge in [-0.2, -0.15) is 10.5 Å². The van der Waals surface area contributed by atoms with Gasteiger partial charge in [0, 0.05) is 38.5 Å². The topological polar surface area (TPSA) is 71.1 Å². The Kier molecular flexibility index (Phi) is 5.59. The summed E-state index contributed by atoms with van der Waals surface area (Å²) in [5.41, 5.74) is 0. The molecule has 0 spiro atoms. The second kappa shape index (κ2) is 7.43. The van der Waals surface area contributed by atoms with Crippen LogP contribution in [0.15, 0.2) is 0 Å². The van der Waals surface area contributed by atoms with Gasteiger partial charge in [-0.25, -0.2) is 0 Å². The van der Waals surface area contributed by atoms with E-state index in [4.69, 9.17) is 5.26 Å². The maximum absolute atomic E-state index is 11.8. The Morgan fingerprint density at radius 3 is 2.62 bits per heavy atom. The molecule has 1 amide bonds. The van der Waals surface area contributed by atoms with Crippen LogP contribution in [0, 0.1) is 28.6 Å². The zero-order chi connectivity index (χ0) is 15.2. The minimum Gasteiger partial charge on any atom is -0.338 e. The largest absolute Gasteiger partial charge is 0.338 e. The molecule has 2 aliphatic heterocycles. The molecule has 114 valence electrons. The molecule has 0 aromatic rings. The van der Waals surface area contributed by atoms with Gasteiger partial charge in [-0.1, -0.05) is 0 Å². The number of nitriles is 2. The minimum absolute atomic E-state index is 0.0718. The average molecular weight is 288 g/mol. The molecule has 2 rings (SSSR count). The maximum Gasteiger partial charge on any atom is 0.219 e. The van der Waals surface area contributed by atoms with Crippen LogP contribution in [-0.2, 0) is 4.79 Å². The van der Waals surface area contributed by atoms with Gasteiger partial charge in [-0.15, -0.1) is 0 Å². The predicted octanol–water partition coefficient (Wildman–Crippen LogP) is 1.91. The van der Waals surface area contributed by atoms with E-state index in [0.717, 1.165) is 45.3 Å². The van der Waals surface area contributed by atoms with Crippen LogP contribution >= 0.6 is 0 Å². The first kappa shape index (κ1) is 15.8. The van der Waals surface area contributed by atoms with E-state index in [2.05, 4.69) is 17.0 Å². The van der Waals surface area contributed by atoms with Crippen molar-refractivity contribution in [3.8, 4) is 12.1 Å². The summed E-state index contributed by atoms with van der Waals surface area (Å²) < 4.78 is 0. The van der Waals surface area contributed by atoms with Gasteiger partial charge in [-0.05, 0) is 38.6 Å². The van der Waals surface area contributed by atoms with Crippen molar-refractivity contribution in [1.29, 1.82) is 10.5 Å². The molecule has 21 heavy (non-hydrogen) atoms. The SMILES string of the molecule is CC(=O)N1CCC[C@@H]1[C@H]1CCCN1C[C@H](C#N)CCC#N. The first-order valence-electron chi connectivity index (χ1n) is 7.95. The lowest BCUT2D eigenvalue weighted by atomic mass is 10.00. The Labute approximate surface area is 127 Å². The summed E-state index contributed by atoms with van der Waals surface area (Å²) in [6.45, 7) is 4.28. The minimum atomic E-state index is -0.0718. The maximum atomic E-state index is 11.8. The van der Waals surface area contributed by atoms with Gasteiger partial charge in [0.2, 0.25) is 5.91 Å². The van der Waals surface area contributed by atoms with Gasteiger partial charge in [0.15, 0.2) is 0 Å². The number of hydrogen-bond acceptors (Lipinski definition) is 4. The number of amides is 1. The highest BCUT2D eigenvalue weighted by Crippen LogP contribution is 2.30. The zero-order valence-electron chi connectivity index (χ0n) is 12.8. The second-order valence-corrected chi connectivity index (χ2v) is 6.15. The van der Waals surface area contributed by atoms with Crippen molar-refractivity contribution >= 4 is 5.91 Å². The summed E-state index contributed by atoms with van der Waals surface area (Å²) in [6, 6.07) is 5.18. The number of hydrogen-bond donors (Lipinski definition) is 0. The lowest BCUT2D eigenvalue weighted by Crippen LogP contribution is -2.48. The van der Waals surface area contributed by atoms with Crippen LogP contribution in [0.4, 0.5) is 0 Å². The van der Waals surface area contributed by atoms with Crippen molar-refractivity contribution < 1.29 is 4.79 Å². The van der Waals surface area contributed by atoms with Gasteiger partial charge in [0.25, 0.3) is 0 Å². The highest BCUT2D eigenvalue weighted by Gasteiger charge is 2.39. The van der Waals surface area contributed by atoms with Crippen molar-refractivity contribution in [2.24, 2.45) is 5.92 Å². The molecule has 0 radical (unpaired) electrons. The standard InChI is InChI=1S/C16H24N4O/c1-13(21)20-10-4-7-16(20)15-6-3-9-19(15)12-14(11-18)5-2-8-17/h14-16H,2-7,9-10,12H2,1H3/t14-,15+,16+/m0/s1. The Morgan fingerprint density at radius 1 is 1.24 bits per heavy atom. The van der Waals surface area contributed by atoms with Crippen LogP contribution in [0.2, 0.25) is 0 Å². The van der Waals surface area contributed by atoms with E-state index in [1.807, 2.05) is 4.90 Å². The van der Waals surface area contributed by atoms with E-state index in [9.17, 15) is 10.1 Å². The molecular weight excluding hydrogens is 264 g/mol. The van der Waals surface area contributed by atoms with E-state index in [1.54, 1.807) is 6.92 Å². The summed E-state index contributed by atoms with van der Waals surface area (Å²) >= 11 is 0. The molecule has 3 atom stereocenters. The highest BCUT2D eigenvalue weighted by atomic mass is 16.2. The first-order chi connectivity index (χ1) is 10.2. The summed E-state index contributed by atoms with van der Waals surface area (Å²) in [7, 11) is 0. The number of carbonyl (C=O) groups is 1. The molecule has 0 aromatic carbocycles. The Morgan fingerprint density at radius 2 is 1.95 bits per heavy atom. The van der Waals surface area contributed by atoms with Crippen molar-refractivity contribution in [2.75, 3.05) is 19.6 Å². The molecule has 0 unspecified atom stereocenters. The van der Waals surface area contributed by atoms with Crippen LogP contribution in [0.1, 0.15) is 45.4 Å². The van der Waals surface area contributed by atoms with Gasteiger partial charge < -0.3 is 4.90 Å². The van der Waals surface area contributed by atoms with Crippen LogP contribution in [0.3, 0.4) is 0 Å². The summed E-state index contributed by atoms with van der Waals surface area (Å²) in [6.07, 6.45) is 5.52. The van der Waals surface area contributed by atoms with Crippen molar-refractivity contribution in [3.05, 3.63) is 0 Å². The predicted molar refractivity (Wildman–Crippen MR) is 79.0 cm³/mol. The summed E-state index contributed by atoms with van der Waals surface area (Å²) in [5.74, 6) is 0.100. The van der Waals surface area contributed by atoms with Crippen LogP contribution in [0.5, 0.6) is 0 Å². The Hall–Kier alpha value is -1.59. The Bertz CT molecular complexity index is 450. The van der Waals surface area contributed by atoms with Gasteiger partial charge in [0.05, 0.1) is 18.1 Å². The fourth-order valence-electron chi connectivity index (χ4n) is 3.82. The molecule has 2 fully saturated rings. The van der Waals surface area contributed by atoms with E-state index in [1.165, 1.54) is 0 Å². The summed E-state index contributed by atoms with van der Waals surface area (Å²) in [5, 5.41) is 17.9. The third-order valence-corrected chi connectivity index (χ3v) is 4.80. The average Bonchev–Trinajstić information content (AvgIpc) is 3.11. The second-order valence-electron chi connectivity index (χ2n) is 6.15. The smallest absolute Gasteiger partial charge is 0.219 e. The number of nitrogens with zero attached hydrogens (tertiary/aromatic N) is 4. The molecule has 2 heterocycles. The lowest BCUT2D eigenvalue weighted by molar-refractivity contribution is -0.130. The quantitative estimate of drug-likeness (QED) is 0.774. The molecule has 5 heteroatoms. The number of likely N-dealkylation sites (tertiary alicyclic amines) is 2. The van der Waals surface area contributed by atoms with Crippen LogP contribution in [-0.4, -0.2) is 47.4 Å². The highest BCUT2D eigenvalue weighted by molar-refractivity contribution is 5.74. The molecule has 0 aliphatic carbocycles. The fraction of sp³-hybridized carbons (Fsp3) is 0.812. The van der Waals surface area contributed by atoms with Gasteiger partial charge >= 0.3 is 0 Å². The molecule has 0 bridgehead atoms. The first-order valence-corrected chi connectivity index (χ1v) is 7.95. The van der Waals surface area contributed by atoms with E-state index in [-0.39, 0.29) is 11.8 Å². The van der Waals surface area contributed by atoms with Crippen LogP contribution in [0.25, 0.3) is 0 Å². The zero-order valence-corrected chi connectivity index (χ0v) is 12.8. The van der Waals surface area contributed by atoms with E-state index in [0.29, 0.717) is 24.9 Å². The summed E-state index contributed by atoms with van der Waals surface area (Å²) in [4.78, 5) is 16.2. The third kappa shape index (κ3) is 3.74. The number of carbonyl (C=O) groups excluding carboxylic acids is 1. The van der Waals surface area contributed by atoms with Gasteiger partial charge in [-0.3, -0.25) is 9.69 Å². The molecule has 0 saturated carbocycles. The molecule has 0 N–H and O–H groups in total. The monoisotopic (exact) mass is 288 g/mol. The Balaban J connectivity index is 1.98. The van der Waals surface area contributed by atoms with Crippen LogP contribution < -0.4 is 0 Å².